The minimum atomic E-state index is -0.837. The van der Waals surface area contributed by atoms with Crippen LogP contribution < -0.4 is 0 Å². The van der Waals surface area contributed by atoms with E-state index >= 15 is 0 Å². The molecule has 0 saturated carbocycles. The van der Waals surface area contributed by atoms with Gasteiger partial charge in [-0.3, -0.25) is 0 Å². The van der Waals surface area contributed by atoms with E-state index < -0.39 is 6.09 Å². The van der Waals surface area contributed by atoms with Gasteiger partial charge in [0, 0.05) is 39.3 Å². The Hall–Kier alpha value is -1.59. The fraction of sp³-hybridized carbons (Fsp3) is 0.588. The summed E-state index contributed by atoms with van der Waals surface area (Å²) < 4.78 is 11.2. The van der Waals surface area contributed by atoms with Crippen LogP contribution in [0.15, 0.2) is 30.3 Å². The van der Waals surface area contributed by atoms with Gasteiger partial charge < -0.3 is 19.5 Å². The van der Waals surface area contributed by atoms with Crippen LogP contribution in [0.5, 0.6) is 0 Å². The van der Waals surface area contributed by atoms with E-state index in [9.17, 15) is 9.90 Å². The molecule has 1 heterocycles. The first kappa shape index (κ1) is 16.8. The number of carboxylic acid groups (broad SMARTS) is 1. The van der Waals surface area contributed by atoms with E-state index in [0.717, 1.165) is 24.8 Å². The first-order chi connectivity index (χ1) is 10.7. The van der Waals surface area contributed by atoms with Crippen LogP contribution >= 0.6 is 0 Å². The minimum Gasteiger partial charge on any atom is -0.465 e. The molecular weight excluding hydrogens is 282 g/mol. The van der Waals surface area contributed by atoms with Crippen molar-refractivity contribution in [3.8, 4) is 0 Å². The van der Waals surface area contributed by atoms with Crippen molar-refractivity contribution in [1.29, 1.82) is 0 Å². The highest BCUT2D eigenvalue weighted by Gasteiger charge is 2.30. The molecule has 1 aromatic rings. The van der Waals surface area contributed by atoms with E-state index in [1.807, 2.05) is 18.2 Å². The summed E-state index contributed by atoms with van der Waals surface area (Å²) in [5.41, 5.74) is 1.12. The van der Waals surface area contributed by atoms with Crippen LogP contribution in [-0.2, 0) is 9.47 Å². The maximum atomic E-state index is 11.2. The van der Waals surface area contributed by atoms with E-state index in [2.05, 4.69) is 12.1 Å². The summed E-state index contributed by atoms with van der Waals surface area (Å²) in [4.78, 5) is 12.7. The molecule has 122 valence electrons. The molecule has 1 amide bonds. The molecule has 2 atom stereocenters. The largest absolute Gasteiger partial charge is 0.465 e. The van der Waals surface area contributed by atoms with Crippen molar-refractivity contribution < 1.29 is 19.4 Å². The Morgan fingerprint density at radius 2 is 2.14 bits per heavy atom. The molecule has 0 aliphatic carbocycles. The molecule has 1 aliphatic heterocycles. The molecule has 0 radical (unpaired) electrons. The average molecular weight is 307 g/mol. The molecule has 0 bridgehead atoms. The predicted molar refractivity (Wildman–Crippen MR) is 83.9 cm³/mol. The number of benzene rings is 1. The van der Waals surface area contributed by atoms with Gasteiger partial charge in [0.1, 0.15) is 0 Å². The number of methoxy groups -OCH3 is 1. The van der Waals surface area contributed by atoms with Crippen LogP contribution in [0.4, 0.5) is 4.79 Å². The van der Waals surface area contributed by atoms with Gasteiger partial charge in [0.2, 0.25) is 0 Å². The number of nitrogens with zero attached hydrogens (tertiary/aromatic N) is 1. The highest BCUT2D eigenvalue weighted by Crippen LogP contribution is 2.33. The third kappa shape index (κ3) is 4.71. The van der Waals surface area contributed by atoms with Gasteiger partial charge in [-0.2, -0.15) is 0 Å². The third-order valence-corrected chi connectivity index (χ3v) is 4.07. The minimum absolute atomic E-state index is 0.0554. The van der Waals surface area contributed by atoms with Gasteiger partial charge >= 0.3 is 6.09 Å². The second-order valence-corrected chi connectivity index (χ2v) is 5.68. The van der Waals surface area contributed by atoms with E-state index in [-0.39, 0.29) is 12.0 Å². The summed E-state index contributed by atoms with van der Waals surface area (Å²) in [6, 6.07) is 10.1. The van der Waals surface area contributed by atoms with Crippen molar-refractivity contribution in [2.24, 2.45) is 5.92 Å². The Kier molecular flexibility index (Phi) is 6.68. The normalized spacial score (nSPS) is 19.9. The number of carbonyl (C=O) groups is 1. The van der Waals surface area contributed by atoms with Crippen LogP contribution in [0.2, 0.25) is 0 Å². The summed E-state index contributed by atoms with van der Waals surface area (Å²) in [7, 11) is 1.68. The lowest BCUT2D eigenvalue weighted by molar-refractivity contribution is -0.0193. The second-order valence-electron chi connectivity index (χ2n) is 5.68. The van der Waals surface area contributed by atoms with Crippen LogP contribution in [-0.4, -0.2) is 49.5 Å². The number of hydrogen-bond donors (Lipinski definition) is 1. The van der Waals surface area contributed by atoms with Gasteiger partial charge in [0.05, 0.1) is 6.10 Å². The number of rotatable bonds is 7. The molecule has 2 rings (SSSR count). The number of ether oxygens (including phenoxy) is 2. The van der Waals surface area contributed by atoms with Gasteiger partial charge in [-0.1, -0.05) is 30.3 Å². The van der Waals surface area contributed by atoms with E-state index in [1.165, 1.54) is 4.90 Å². The maximum Gasteiger partial charge on any atom is 0.407 e. The summed E-state index contributed by atoms with van der Waals surface area (Å²) in [5.74, 6) is 0.204. The third-order valence-electron chi connectivity index (χ3n) is 4.07. The number of likely N-dealkylation sites (tertiary alicyclic amines) is 1. The summed E-state index contributed by atoms with van der Waals surface area (Å²) in [5, 5.41) is 9.22. The zero-order chi connectivity index (χ0) is 15.8. The van der Waals surface area contributed by atoms with Crippen molar-refractivity contribution in [2.45, 2.75) is 25.4 Å². The lowest BCUT2D eigenvalue weighted by Crippen LogP contribution is -2.41. The Balaban J connectivity index is 2.04. The van der Waals surface area contributed by atoms with Crippen molar-refractivity contribution in [3.63, 3.8) is 0 Å². The summed E-state index contributed by atoms with van der Waals surface area (Å²) >= 11 is 0. The quantitative estimate of drug-likeness (QED) is 0.786. The fourth-order valence-corrected chi connectivity index (χ4v) is 2.99. The molecule has 1 fully saturated rings. The highest BCUT2D eigenvalue weighted by molar-refractivity contribution is 5.65. The SMILES string of the molecule is COCCCO[C@@H](c1ccccc1)C1CCCN(C(=O)O)C1. The molecule has 22 heavy (non-hydrogen) atoms. The fourth-order valence-electron chi connectivity index (χ4n) is 2.99. The zero-order valence-corrected chi connectivity index (χ0v) is 13.1. The van der Waals surface area contributed by atoms with Crippen molar-refractivity contribution in [2.75, 3.05) is 33.4 Å². The zero-order valence-electron chi connectivity index (χ0n) is 13.1. The molecule has 0 aromatic heterocycles. The van der Waals surface area contributed by atoms with Crippen molar-refractivity contribution in [1.82, 2.24) is 4.90 Å². The van der Waals surface area contributed by atoms with Gasteiger partial charge in [-0.25, -0.2) is 4.79 Å². The van der Waals surface area contributed by atoms with Crippen LogP contribution in [0, 0.1) is 5.92 Å². The molecule has 1 aromatic carbocycles. The second kappa shape index (κ2) is 8.76. The van der Waals surface area contributed by atoms with Gasteiger partial charge in [-0.15, -0.1) is 0 Å². The van der Waals surface area contributed by atoms with E-state index in [4.69, 9.17) is 9.47 Å². The van der Waals surface area contributed by atoms with Crippen LogP contribution in [0.25, 0.3) is 0 Å². The van der Waals surface area contributed by atoms with Crippen LogP contribution in [0.3, 0.4) is 0 Å². The number of hydrogen-bond acceptors (Lipinski definition) is 3. The van der Waals surface area contributed by atoms with Crippen molar-refractivity contribution >= 4 is 6.09 Å². The van der Waals surface area contributed by atoms with Gasteiger partial charge in [0.15, 0.2) is 0 Å². The average Bonchev–Trinajstić information content (AvgIpc) is 2.56. The van der Waals surface area contributed by atoms with Crippen LogP contribution in [0.1, 0.15) is 30.9 Å². The summed E-state index contributed by atoms with van der Waals surface area (Å²) in [6.45, 7) is 2.46. The molecular formula is C17H25NO4. The highest BCUT2D eigenvalue weighted by atomic mass is 16.5. The first-order valence-electron chi connectivity index (χ1n) is 7.85. The Labute approximate surface area is 131 Å². The topological polar surface area (TPSA) is 59.0 Å². The monoisotopic (exact) mass is 307 g/mol. The molecule has 1 aliphatic rings. The number of piperidine rings is 1. The molecule has 5 nitrogen and oxygen atoms in total. The molecule has 0 spiro atoms. The van der Waals surface area contributed by atoms with Gasteiger partial charge in [-0.05, 0) is 24.8 Å². The maximum absolute atomic E-state index is 11.2. The molecule has 5 heteroatoms. The van der Waals surface area contributed by atoms with E-state index in [1.54, 1.807) is 7.11 Å². The Morgan fingerprint density at radius 3 is 2.82 bits per heavy atom. The smallest absolute Gasteiger partial charge is 0.407 e. The predicted octanol–water partition coefficient (Wildman–Crippen LogP) is 3.17. The first-order valence-corrected chi connectivity index (χ1v) is 7.85. The van der Waals surface area contributed by atoms with E-state index in [0.29, 0.717) is 26.3 Å². The standard InChI is InChI=1S/C17H25NO4/c1-21-11-6-12-22-16(14-7-3-2-4-8-14)15-9-5-10-18(13-15)17(19)20/h2-4,7-8,15-16H,5-6,9-13H2,1H3,(H,19,20)/t15?,16-/m0/s1. The van der Waals surface area contributed by atoms with Crippen molar-refractivity contribution in [3.05, 3.63) is 35.9 Å². The molecule has 1 saturated heterocycles. The molecule has 1 N–H and O–H groups in total. The lowest BCUT2D eigenvalue weighted by atomic mass is 9.88. The Bertz CT molecular complexity index is 451. The number of amides is 1. The molecule has 1 unspecified atom stereocenters. The summed E-state index contributed by atoms with van der Waals surface area (Å²) in [6.07, 6.45) is 1.83. The lowest BCUT2D eigenvalue weighted by Gasteiger charge is -2.35. The van der Waals surface area contributed by atoms with Gasteiger partial charge in [0.25, 0.3) is 0 Å². The Morgan fingerprint density at radius 1 is 1.36 bits per heavy atom.